The Morgan fingerprint density at radius 3 is 1.91 bits per heavy atom. The summed E-state index contributed by atoms with van der Waals surface area (Å²) in [5.74, 6) is 0. The first kappa shape index (κ1) is 13.7. The SMILES string of the molecule is C=CC(CCC)[N+](C)(C)C.[Br-]. The van der Waals surface area contributed by atoms with Crippen LogP contribution < -0.4 is 17.0 Å². The fourth-order valence-corrected chi connectivity index (χ4v) is 1.12. The minimum Gasteiger partial charge on any atom is -1.00 e. The van der Waals surface area contributed by atoms with Crippen LogP contribution in [0.4, 0.5) is 0 Å². The quantitative estimate of drug-likeness (QED) is 0.425. The summed E-state index contributed by atoms with van der Waals surface area (Å²) in [7, 11) is 6.63. The second-order valence-corrected chi connectivity index (χ2v) is 3.71. The van der Waals surface area contributed by atoms with E-state index in [1.165, 1.54) is 12.8 Å². The zero-order valence-electron chi connectivity index (χ0n) is 8.10. The van der Waals surface area contributed by atoms with E-state index in [1.54, 1.807) is 0 Å². The van der Waals surface area contributed by atoms with Crippen molar-refractivity contribution in [1.29, 1.82) is 0 Å². The van der Waals surface area contributed by atoms with Crippen molar-refractivity contribution in [2.24, 2.45) is 0 Å². The lowest BCUT2D eigenvalue weighted by atomic mass is 10.1. The van der Waals surface area contributed by atoms with Gasteiger partial charge in [0.15, 0.2) is 0 Å². The van der Waals surface area contributed by atoms with E-state index in [1.807, 2.05) is 0 Å². The molecule has 0 saturated carbocycles. The largest absolute Gasteiger partial charge is 1.00 e. The molecular formula is C9H20BrN. The van der Waals surface area contributed by atoms with E-state index in [2.05, 4.69) is 40.7 Å². The van der Waals surface area contributed by atoms with Gasteiger partial charge in [-0.25, -0.2) is 0 Å². The molecule has 0 aliphatic carbocycles. The van der Waals surface area contributed by atoms with Crippen molar-refractivity contribution in [2.75, 3.05) is 21.1 Å². The molecule has 0 heterocycles. The molecule has 0 rings (SSSR count). The zero-order valence-corrected chi connectivity index (χ0v) is 9.69. The number of hydrogen-bond acceptors (Lipinski definition) is 0. The average molecular weight is 222 g/mol. The maximum absolute atomic E-state index is 3.83. The normalized spacial score (nSPS) is 13.5. The summed E-state index contributed by atoms with van der Waals surface area (Å²) in [6, 6.07) is 0.616. The zero-order chi connectivity index (χ0) is 8.20. The standard InChI is InChI=1S/C9H20N.BrH/c1-6-8-9(7-2)10(3,4)5;/h7,9H,2,6,8H2,1,3-5H3;1H/q+1;/p-1. The molecule has 2 heteroatoms. The molecule has 0 fully saturated rings. The highest BCUT2D eigenvalue weighted by Gasteiger charge is 2.17. The molecule has 0 aromatic rings. The minimum absolute atomic E-state index is 0. The maximum atomic E-state index is 3.83. The Balaban J connectivity index is 0. The maximum Gasteiger partial charge on any atom is 0.107 e. The Labute approximate surface area is 81.5 Å². The minimum atomic E-state index is 0. The fraction of sp³-hybridized carbons (Fsp3) is 0.778. The molecule has 0 bridgehead atoms. The second kappa shape index (κ2) is 5.78. The monoisotopic (exact) mass is 221 g/mol. The van der Waals surface area contributed by atoms with Gasteiger partial charge in [-0.2, -0.15) is 0 Å². The summed E-state index contributed by atoms with van der Waals surface area (Å²) in [5, 5.41) is 0. The van der Waals surface area contributed by atoms with Gasteiger partial charge in [-0.1, -0.05) is 19.9 Å². The van der Waals surface area contributed by atoms with Gasteiger partial charge < -0.3 is 21.5 Å². The molecule has 0 N–H and O–H groups in total. The molecule has 1 unspecified atom stereocenters. The Morgan fingerprint density at radius 1 is 1.36 bits per heavy atom. The summed E-state index contributed by atoms with van der Waals surface area (Å²) in [6.45, 7) is 6.04. The average Bonchev–Trinajstić information content (AvgIpc) is 1.80. The van der Waals surface area contributed by atoms with Crippen LogP contribution in [0.15, 0.2) is 12.7 Å². The summed E-state index contributed by atoms with van der Waals surface area (Å²) in [4.78, 5) is 0. The van der Waals surface area contributed by atoms with Gasteiger partial charge in [0.05, 0.1) is 21.1 Å². The van der Waals surface area contributed by atoms with Crippen LogP contribution in [0, 0.1) is 0 Å². The van der Waals surface area contributed by atoms with Crippen molar-refractivity contribution in [3.05, 3.63) is 12.7 Å². The lowest BCUT2D eigenvalue weighted by molar-refractivity contribution is -0.889. The third-order valence-corrected chi connectivity index (χ3v) is 1.85. The molecular weight excluding hydrogens is 202 g/mol. The lowest BCUT2D eigenvalue weighted by Crippen LogP contribution is -3.00. The highest BCUT2D eigenvalue weighted by atomic mass is 79.9. The van der Waals surface area contributed by atoms with E-state index in [0.717, 1.165) is 4.48 Å². The lowest BCUT2D eigenvalue weighted by Gasteiger charge is -2.31. The molecule has 0 aliphatic rings. The molecule has 0 amide bonds. The Kier molecular flexibility index (Phi) is 7.23. The Bertz CT molecular complexity index is 105. The molecule has 0 saturated heterocycles. The van der Waals surface area contributed by atoms with Crippen LogP contribution in [0.5, 0.6) is 0 Å². The van der Waals surface area contributed by atoms with Crippen molar-refractivity contribution >= 4 is 0 Å². The third-order valence-electron chi connectivity index (χ3n) is 1.85. The van der Waals surface area contributed by atoms with Crippen LogP contribution in [0.1, 0.15) is 19.8 Å². The predicted octanol–water partition coefficient (Wildman–Crippen LogP) is -0.949. The van der Waals surface area contributed by atoms with Crippen LogP contribution >= 0.6 is 0 Å². The molecule has 11 heavy (non-hydrogen) atoms. The van der Waals surface area contributed by atoms with E-state index >= 15 is 0 Å². The van der Waals surface area contributed by atoms with Gasteiger partial charge in [0.1, 0.15) is 6.04 Å². The second-order valence-electron chi connectivity index (χ2n) is 3.71. The van der Waals surface area contributed by atoms with E-state index in [-0.39, 0.29) is 17.0 Å². The van der Waals surface area contributed by atoms with E-state index < -0.39 is 0 Å². The van der Waals surface area contributed by atoms with Gasteiger partial charge in [0.25, 0.3) is 0 Å². The Morgan fingerprint density at radius 2 is 1.82 bits per heavy atom. The van der Waals surface area contributed by atoms with Crippen molar-refractivity contribution in [3.8, 4) is 0 Å². The van der Waals surface area contributed by atoms with Gasteiger partial charge >= 0.3 is 0 Å². The van der Waals surface area contributed by atoms with Crippen LogP contribution in [0.3, 0.4) is 0 Å². The number of likely N-dealkylation sites (N-methyl/N-ethyl adjacent to an activating group) is 1. The first-order chi connectivity index (χ1) is 4.52. The smallest absolute Gasteiger partial charge is 0.107 e. The van der Waals surface area contributed by atoms with Gasteiger partial charge in [-0.3, -0.25) is 0 Å². The number of rotatable bonds is 4. The van der Waals surface area contributed by atoms with Gasteiger partial charge in [0.2, 0.25) is 0 Å². The van der Waals surface area contributed by atoms with Crippen LogP contribution in [0.25, 0.3) is 0 Å². The molecule has 0 spiro atoms. The fourth-order valence-electron chi connectivity index (χ4n) is 1.12. The van der Waals surface area contributed by atoms with Crippen molar-refractivity contribution in [2.45, 2.75) is 25.8 Å². The van der Waals surface area contributed by atoms with E-state index in [4.69, 9.17) is 0 Å². The number of quaternary nitrogens is 1. The van der Waals surface area contributed by atoms with Gasteiger partial charge in [0, 0.05) is 6.42 Å². The molecule has 0 aliphatic heterocycles. The summed E-state index contributed by atoms with van der Waals surface area (Å²) in [5.41, 5.74) is 0. The molecule has 0 aromatic carbocycles. The predicted molar refractivity (Wildman–Crippen MR) is 46.9 cm³/mol. The molecule has 68 valence electrons. The first-order valence-electron chi connectivity index (χ1n) is 3.96. The first-order valence-corrected chi connectivity index (χ1v) is 3.96. The van der Waals surface area contributed by atoms with Crippen molar-refractivity contribution in [1.82, 2.24) is 0 Å². The number of halogens is 1. The highest BCUT2D eigenvalue weighted by molar-refractivity contribution is 4.78. The van der Waals surface area contributed by atoms with E-state index in [0.29, 0.717) is 6.04 Å². The van der Waals surface area contributed by atoms with Gasteiger partial charge in [-0.15, -0.1) is 0 Å². The third kappa shape index (κ3) is 5.45. The number of hydrogen-bond donors (Lipinski definition) is 0. The summed E-state index contributed by atoms with van der Waals surface area (Å²) >= 11 is 0. The number of nitrogens with zero attached hydrogens (tertiary/aromatic N) is 1. The Hall–Kier alpha value is 0.180. The topological polar surface area (TPSA) is 0 Å². The summed E-state index contributed by atoms with van der Waals surface area (Å²) < 4.78 is 0.997. The van der Waals surface area contributed by atoms with Crippen molar-refractivity contribution in [3.63, 3.8) is 0 Å². The molecule has 1 nitrogen and oxygen atoms in total. The van der Waals surface area contributed by atoms with Crippen LogP contribution in [-0.2, 0) is 0 Å². The molecule has 0 aromatic heterocycles. The molecule has 1 atom stereocenters. The van der Waals surface area contributed by atoms with Crippen LogP contribution in [-0.4, -0.2) is 31.7 Å². The summed E-state index contributed by atoms with van der Waals surface area (Å²) in [6.07, 6.45) is 4.54. The van der Waals surface area contributed by atoms with Gasteiger partial charge in [-0.05, 0) is 6.08 Å². The highest BCUT2D eigenvalue weighted by Crippen LogP contribution is 2.09. The van der Waals surface area contributed by atoms with Crippen molar-refractivity contribution < 1.29 is 21.5 Å². The molecule has 0 radical (unpaired) electrons. The van der Waals surface area contributed by atoms with Crippen LogP contribution in [0.2, 0.25) is 0 Å². The van der Waals surface area contributed by atoms with E-state index in [9.17, 15) is 0 Å².